The highest BCUT2D eigenvalue weighted by Crippen LogP contribution is 2.25. The maximum absolute atomic E-state index is 8.82. The number of H-pyrrole nitrogens is 1. The molecule has 0 atom stereocenters. The van der Waals surface area contributed by atoms with Gasteiger partial charge >= 0.3 is 0 Å². The van der Waals surface area contributed by atoms with Crippen molar-refractivity contribution in [2.75, 3.05) is 13.7 Å². The Morgan fingerprint density at radius 1 is 1.43 bits per heavy atom. The number of aliphatic hydroxyl groups is 1. The second-order valence-corrected chi connectivity index (χ2v) is 3.19. The molecule has 3 heteroatoms. The number of rotatable bonds is 3. The summed E-state index contributed by atoms with van der Waals surface area (Å²) in [5, 5.41) is 9.89. The molecule has 0 unspecified atom stereocenters. The van der Waals surface area contributed by atoms with Gasteiger partial charge in [-0.15, -0.1) is 0 Å². The van der Waals surface area contributed by atoms with Gasteiger partial charge in [-0.3, -0.25) is 0 Å². The van der Waals surface area contributed by atoms with E-state index in [-0.39, 0.29) is 6.61 Å². The van der Waals surface area contributed by atoms with Crippen molar-refractivity contribution >= 4 is 10.9 Å². The quantitative estimate of drug-likeness (QED) is 0.775. The number of aromatic nitrogens is 1. The van der Waals surface area contributed by atoms with Crippen LogP contribution in [0.5, 0.6) is 5.75 Å². The molecule has 1 aromatic heterocycles. The first-order valence-electron chi connectivity index (χ1n) is 4.60. The highest BCUT2D eigenvalue weighted by atomic mass is 16.5. The van der Waals surface area contributed by atoms with Gasteiger partial charge in [-0.1, -0.05) is 6.07 Å². The number of methoxy groups -OCH3 is 1. The van der Waals surface area contributed by atoms with Crippen LogP contribution >= 0.6 is 0 Å². The third kappa shape index (κ3) is 1.46. The van der Waals surface area contributed by atoms with Gasteiger partial charge in [-0.05, 0) is 18.2 Å². The molecule has 0 amide bonds. The highest BCUT2D eigenvalue weighted by Gasteiger charge is 2.04. The van der Waals surface area contributed by atoms with Crippen LogP contribution in [0.1, 0.15) is 5.69 Å². The maximum atomic E-state index is 8.82. The number of nitrogens with one attached hydrogen (secondary N) is 1. The fourth-order valence-corrected chi connectivity index (χ4v) is 1.62. The number of fused-ring (bicyclic) bond motifs is 1. The minimum absolute atomic E-state index is 0.162. The number of hydrogen-bond donors (Lipinski definition) is 2. The molecule has 2 N–H and O–H groups in total. The number of hydrogen-bond acceptors (Lipinski definition) is 2. The molecule has 0 aliphatic heterocycles. The topological polar surface area (TPSA) is 45.2 Å². The molecule has 0 radical (unpaired) electrons. The van der Waals surface area contributed by atoms with Crippen LogP contribution in [0.15, 0.2) is 24.3 Å². The summed E-state index contributed by atoms with van der Waals surface area (Å²) in [6.45, 7) is 0.162. The van der Waals surface area contributed by atoms with Crippen LogP contribution in [0.4, 0.5) is 0 Å². The molecule has 74 valence electrons. The molecule has 2 rings (SSSR count). The van der Waals surface area contributed by atoms with Crippen LogP contribution in [0.3, 0.4) is 0 Å². The fourth-order valence-electron chi connectivity index (χ4n) is 1.62. The van der Waals surface area contributed by atoms with E-state index in [4.69, 9.17) is 9.84 Å². The van der Waals surface area contributed by atoms with Crippen LogP contribution in [0.2, 0.25) is 0 Å². The van der Waals surface area contributed by atoms with Gasteiger partial charge in [0, 0.05) is 29.6 Å². The summed E-state index contributed by atoms with van der Waals surface area (Å²) in [6.07, 6.45) is 0.651. The van der Waals surface area contributed by atoms with Gasteiger partial charge in [-0.2, -0.15) is 0 Å². The lowest BCUT2D eigenvalue weighted by Gasteiger charge is -1.99. The summed E-state index contributed by atoms with van der Waals surface area (Å²) in [6, 6.07) is 7.89. The van der Waals surface area contributed by atoms with Crippen LogP contribution in [0, 0.1) is 0 Å². The van der Waals surface area contributed by atoms with E-state index in [1.165, 1.54) is 0 Å². The van der Waals surface area contributed by atoms with E-state index in [0.717, 1.165) is 22.3 Å². The smallest absolute Gasteiger partial charge is 0.128 e. The van der Waals surface area contributed by atoms with Crippen molar-refractivity contribution in [1.82, 2.24) is 4.98 Å². The monoisotopic (exact) mass is 191 g/mol. The minimum Gasteiger partial charge on any atom is -0.496 e. The average Bonchev–Trinajstić information content (AvgIpc) is 2.60. The van der Waals surface area contributed by atoms with E-state index in [1.54, 1.807) is 7.11 Å². The van der Waals surface area contributed by atoms with Gasteiger partial charge in [0.15, 0.2) is 0 Å². The first-order chi connectivity index (χ1) is 6.85. The lowest BCUT2D eigenvalue weighted by molar-refractivity contribution is 0.298. The number of benzene rings is 1. The van der Waals surface area contributed by atoms with Crippen molar-refractivity contribution in [2.45, 2.75) is 6.42 Å². The van der Waals surface area contributed by atoms with E-state index in [2.05, 4.69) is 4.98 Å². The largest absolute Gasteiger partial charge is 0.496 e. The predicted molar refractivity (Wildman–Crippen MR) is 55.6 cm³/mol. The second-order valence-electron chi connectivity index (χ2n) is 3.19. The second kappa shape index (κ2) is 3.72. The van der Waals surface area contributed by atoms with Gasteiger partial charge in [-0.25, -0.2) is 0 Å². The molecule has 0 bridgehead atoms. The SMILES string of the molecule is COc1cccc2[nH]c(CCO)cc12. The standard InChI is InChI=1S/C11H13NO2/c1-14-11-4-2-3-10-9(11)7-8(12-10)5-6-13/h2-4,7,12-13H,5-6H2,1H3. The number of aliphatic hydroxyl groups excluding tert-OH is 1. The Hall–Kier alpha value is -1.48. The molecule has 0 saturated carbocycles. The van der Waals surface area contributed by atoms with Crippen molar-refractivity contribution < 1.29 is 9.84 Å². The fraction of sp³-hybridized carbons (Fsp3) is 0.273. The zero-order chi connectivity index (χ0) is 9.97. The van der Waals surface area contributed by atoms with Crippen molar-refractivity contribution in [2.24, 2.45) is 0 Å². The lowest BCUT2D eigenvalue weighted by atomic mass is 10.2. The van der Waals surface area contributed by atoms with E-state index < -0.39 is 0 Å². The Balaban J connectivity index is 2.52. The molecular weight excluding hydrogens is 178 g/mol. The van der Waals surface area contributed by atoms with Gasteiger partial charge in [0.05, 0.1) is 7.11 Å². The first-order valence-corrected chi connectivity index (χ1v) is 4.60. The summed E-state index contributed by atoms with van der Waals surface area (Å²) in [5.41, 5.74) is 2.08. The van der Waals surface area contributed by atoms with E-state index in [9.17, 15) is 0 Å². The number of ether oxygens (including phenoxy) is 1. The number of aromatic amines is 1. The van der Waals surface area contributed by atoms with Crippen molar-refractivity contribution in [3.05, 3.63) is 30.0 Å². The van der Waals surface area contributed by atoms with Gasteiger partial charge in [0.1, 0.15) is 5.75 Å². The zero-order valence-corrected chi connectivity index (χ0v) is 8.08. The average molecular weight is 191 g/mol. The van der Waals surface area contributed by atoms with Gasteiger partial charge in [0.25, 0.3) is 0 Å². The normalized spacial score (nSPS) is 10.7. The molecule has 0 aliphatic carbocycles. The van der Waals surface area contributed by atoms with Gasteiger partial charge < -0.3 is 14.8 Å². The van der Waals surface area contributed by atoms with Crippen LogP contribution in [-0.4, -0.2) is 23.8 Å². The summed E-state index contributed by atoms with van der Waals surface area (Å²) in [5.74, 6) is 0.864. The molecule has 14 heavy (non-hydrogen) atoms. The van der Waals surface area contributed by atoms with E-state index in [0.29, 0.717) is 6.42 Å². The van der Waals surface area contributed by atoms with E-state index >= 15 is 0 Å². The molecule has 2 aromatic rings. The Morgan fingerprint density at radius 2 is 2.29 bits per heavy atom. The summed E-state index contributed by atoms with van der Waals surface area (Å²) in [7, 11) is 1.66. The van der Waals surface area contributed by atoms with Crippen LogP contribution in [-0.2, 0) is 6.42 Å². The molecule has 3 nitrogen and oxygen atoms in total. The van der Waals surface area contributed by atoms with Crippen molar-refractivity contribution in [1.29, 1.82) is 0 Å². The molecule has 0 fully saturated rings. The summed E-state index contributed by atoms with van der Waals surface area (Å²) in [4.78, 5) is 3.23. The predicted octanol–water partition coefficient (Wildman–Crippen LogP) is 1.71. The Bertz CT molecular complexity index is 434. The third-order valence-corrected chi connectivity index (χ3v) is 2.28. The highest BCUT2D eigenvalue weighted by molar-refractivity contribution is 5.86. The van der Waals surface area contributed by atoms with Crippen molar-refractivity contribution in [3.8, 4) is 5.75 Å². The summed E-state index contributed by atoms with van der Waals surface area (Å²) < 4.78 is 5.24. The molecule has 1 heterocycles. The lowest BCUT2D eigenvalue weighted by Crippen LogP contribution is -1.88. The van der Waals surface area contributed by atoms with Crippen molar-refractivity contribution in [3.63, 3.8) is 0 Å². The zero-order valence-electron chi connectivity index (χ0n) is 8.08. The van der Waals surface area contributed by atoms with Gasteiger partial charge in [0.2, 0.25) is 0 Å². The Labute approximate surface area is 82.3 Å². The van der Waals surface area contributed by atoms with E-state index in [1.807, 2.05) is 24.3 Å². The third-order valence-electron chi connectivity index (χ3n) is 2.28. The Morgan fingerprint density at radius 3 is 3.00 bits per heavy atom. The molecule has 1 aromatic carbocycles. The van der Waals surface area contributed by atoms with Crippen LogP contribution in [0.25, 0.3) is 10.9 Å². The first kappa shape index (κ1) is 9.09. The summed E-state index contributed by atoms with van der Waals surface area (Å²) >= 11 is 0. The Kier molecular flexibility index (Phi) is 2.41. The molecule has 0 aliphatic rings. The molecule has 0 saturated heterocycles. The minimum atomic E-state index is 0.162. The molecule has 0 spiro atoms. The van der Waals surface area contributed by atoms with Crippen LogP contribution < -0.4 is 4.74 Å². The maximum Gasteiger partial charge on any atom is 0.128 e. The molecular formula is C11H13NO2.